The SMILES string of the molecule is C[C@H](OCc1ccc(-n2ccnc2)cc1)C(=O)O. The molecule has 2 rings (SSSR count). The number of carbonyl (C=O) groups is 1. The Morgan fingerprint density at radius 2 is 2.17 bits per heavy atom. The van der Waals surface area contributed by atoms with Gasteiger partial charge >= 0.3 is 5.97 Å². The van der Waals surface area contributed by atoms with Crippen molar-refractivity contribution in [3.8, 4) is 5.69 Å². The number of rotatable bonds is 5. The molecule has 5 nitrogen and oxygen atoms in total. The van der Waals surface area contributed by atoms with Crippen molar-refractivity contribution in [3.63, 3.8) is 0 Å². The third kappa shape index (κ3) is 2.95. The Morgan fingerprint density at radius 3 is 2.72 bits per heavy atom. The maximum atomic E-state index is 10.6. The van der Waals surface area contributed by atoms with Gasteiger partial charge in [-0.3, -0.25) is 0 Å². The zero-order valence-corrected chi connectivity index (χ0v) is 9.98. The summed E-state index contributed by atoms with van der Waals surface area (Å²) in [7, 11) is 0. The second-order valence-corrected chi connectivity index (χ2v) is 3.93. The van der Waals surface area contributed by atoms with E-state index in [1.165, 1.54) is 6.92 Å². The number of hydrogen-bond acceptors (Lipinski definition) is 3. The molecule has 5 heteroatoms. The second kappa shape index (κ2) is 5.46. The number of aliphatic carboxylic acids is 1. The third-order valence-electron chi connectivity index (χ3n) is 2.59. The van der Waals surface area contributed by atoms with Gasteiger partial charge in [0.05, 0.1) is 12.9 Å². The molecule has 18 heavy (non-hydrogen) atoms. The standard InChI is InChI=1S/C13H14N2O3/c1-10(13(16)17)18-8-11-2-4-12(5-3-11)15-7-6-14-9-15/h2-7,9-10H,8H2,1H3,(H,16,17)/t10-/m0/s1. The van der Waals surface area contributed by atoms with Crippen LogP contribution in [0.4, 0.5) is 0 Å². The summed E-state index contributed by atoms with van der Waals surface area (Å²) in [5.41, 5.74) is 1.94. The lowest BCUT2D eigenvalue weighted by atomic mass is 10.2. The first kappa shape index (κ1) is 12.3. The molecule has 0 aliphatic carbocycles. The largest absolute Gasteiger partial charge is 0.479 e. The molecule has 0 aliphatic rings. The summed E-state index contributed by atoms with van der Waals surface area (Å²) in [6.07, 6.45) is 4.50. The predicted octanol–water partition coefficient (Wildman–Crippen LogP) is 1.86. The molecule has 0 bridgehead atoms. The van der Waals surface area contributed by atoms with Gasteiger partial charge in [0.2, 0.25) is 0 Å². The van der Waals surface area contributed by atoms with Crippen molar-refractivity contribution in [3.05, 3.63) is 48.5 Å². The Morgan fingerprint density at radius 1 is 1.44 bits per heavy atom. The molecular weight excluding hydrogens is 232 g/mol. The van der Waals surface area contributed by atoms with Crippen LogP contribution in [0.1, 0.15) is 12.5 Å². The fourth-order valence-electron chi connectivity index (χ4n) is 1.47. The van der Waals surface area contributed by atoms with Crippen LogP contribution in [-0.4, -0.2) is 26.7 Å². The molecule has 0 radical (unpaired) electrons. The third-order valence-corrected chi connectivity index (χ3v) is 2.59. The summed E-state index contributed by atoms with van der Waals surface area (Å²) in [6, 6.07) is 7.69. The monoisotopic (exact) mass is 246 g/mol. The van der Waals surface area contributed by atoms with Gasteiger partial charge in [-0.1, -0.05) is 12.1 Å². The lowest BCUT2D eigenvalue weighted by molar-refractivity contribution is -0.149. The highest BCUT2D eigenvalue weighted by atomic mass is 16.5. The van der Waals surface area contributed by atoms with Gasteiger partial charge in [0.25, 0.3) is 0 Å². The molecule has 0 fully saturated rings. The summed E-state index contributed by atoms with van der Waals surface area (Å²) < 4.78 is 7.09. The lowest BCUT2D eigenvalue weighted by Crippen LogP contribution is -2.19. The van der Waals surface area contributed by atoms with E-state index in [2.05, 4.69) is 4.98 Å². The molecule has 1 heterocycles. The Balaban J connectivity index is 1.98. The van der Waals surface area contributed by atoms with Gasteiger partial charge in [0, 0.05) is 18.1 Å². The lowest BCUT2D eigenvalue weighted by Gasteiger charge is -2.09. The van der Waals surface area contributed by atoms with E-state index in [0.29, 0.717) is 0 Å². The first-order valence-electron chi connectivity index (χ1n) is 5.58. The summed E-state index contributed by atoms with van der Waals surface area (Å²) in [5, 5.41) is 8.69. The minimum absolute atomic E-state index is 0.289. The number of hydrogen-bond donors (Lipinski definition) is 1. The number of imidazole rings is 1. The first-order valence-corrected chi connectivity index (χ1v) is 5.58. The maximum Gasteiger partial charge on any atom is 0.332 e. The number of ether oxygens (including phenoxy) is 1. The summed E-state index contributed by atoms with van der Waals surface area (Å²) in [6.45, 7) is 1.81. The number of carboxylic acids is 1. The Hall–Kier alpha value is -2.14. The van der Waals surface area contributed by atoms with E-state index in [-0.39, 0.29) is 6.61 Å². The normalized spacial score (nSPS) is 12.3. The minimum atomic E-state index is -0.954. The topological polar surface area (TPSA) is 64.4 Å². The summed E-state index contributed by atoms with van der Waals surface area (Å²) >= 11 is 0. The zero-order valence-electron chi connectivity index (χ0n) is 9.98. The van der Waals surface area contributed by atoms with Crippen molar-refractivity contribution in [2.45, 2.75) is 19.6 Å². The van der Waals surface area contributed by atoms with Crippen LogP contribution < -0.4 is 0 Å². The first-order chi connectivity index (χ1) is 8.66. The number of nitrogens with zero attached hydrogens (tertiary/aromatic N) is 2. The molecule has 1 N–H and O–H groups in total. The van der Waals surface area contributed by atoms with Crippen LogP contribution >= 0.6 is 0 Å². The van der Waals surface area contributed by atoms with Crippen LogP contribution in [0.15, 0.2) is 43.0 Å². The number of carboxylic acid groups (broad SMARTS) is 1. The summed E-state index contributed by atoms with van der Waals surface area (Å²) in [4.78, 5) is 14.6. The van der Waals surface area contributed by atoms with Gasteiger partial charge in [0.1, 0.15) is 0 Å². The van der Waals surface area contributed by atoms with Gasteiger partial charge in [-0.15, -0.1) is 0 Å². The van der Waals surface area contributed by atoms with Crippen LogP contribution in [0.5, 0.6) is 0 Å². The highest BCUT2D eigenvalue weighted by Crippen LogP contribution is 2.10. The van der Waals surface area contributed by atoms with Gasteiger partial charge in [-0.05, 0) is 24.6 Å². The predicted molar refractivity (Wildman–Crippen MR) is 65.5 cm³/mol. The Labute approximate surface area is 105 Å². The molecular formula is C13H14N2O3. The fourth-order valence-corrected chi connectivity index (χ4v) is 1.47. The van der Waals surface area contributed by atoms with E-state index in [9.17, 15) is 4.79 Å². The van der Waals surface area contributed by atoms with Crippen molar-refractivity contribution in [2.24, 2.45) is 0 Å². The van der Waals surface area contributed by atoms with Crippen LogP contribution in [-0.2, 0) is 16.1 Å². The second-order valence-electron chi connectivity index (χ2n) is 3.93. The molecule has 0 unspecified atom stereocenters. The Kier molecular flexibility index (Phi) is 3.74. The van der Waals surface area contributed by atoms with Crippen LogP contribution in [0, 0.1) is 0 Å². The molecule has 0 spiro atoms. The van der Waals surface area contributed by atoms with E-state index in [4.69, 9.17) is 9.84 Å². The summed E-state index contributed by atoms with van der Waals surface area (Å²) in [5.74, 6) is -0.954. The van der Waals surface area contributed by atoms with Crippen LogP contribution in [0.2, 0.25) is 0 Å². The molecule has 1 atom stereocenters. The van der Waals surface area contributed by atoms with Crippen molar-refractivity contribution in [1.29, 1.82) is 0 Å². The maximum absolute atomic E-state index is 10.6. The average Bonchev–Trinajstić information content (AvgIpc) is 2.90. The van der Waals surface area contributed by atoms with E-state index in [1.54, 1.807) is 12.5 Å². The minimum Gasteiger partial charge on any atom is -0.479 e. The van der Waals surface area contributed by atoms with E-state index >= 15 is 0 Å². The van der Waals surface area contributed by atoms with E-state index in [1.807, 2.05) is 35.0 Å². The zero-order chi connectivity index (χ0) is 13.0. The molecule has 0 amide bonds. The number of benzene rings is 1. The molecule has 1 aromatic carbocycles. The van der Waals surface area contributed by atoms with Crippen molar-refractivity contribution < 1.29 is 14.6 Å². The molecule has 0 aliphatic heterocycles. The molecule has 0 saturated carbocycles. The average molecular weight is 246 g/mol. The highest BCUT2D eigenvalue weighted by Gasteiger charge is 2.10. The van der Waals surface area contributed by atoms with Crippen LogP contribution in [0.3, 0.4) is 0 Å². The van der Waals surface area contributed by atoms with Gasteiger partial charge < -0.3 is 14.4 Å². The van der Waals surface area contributed by atoms with E-state index in [0.717, 1.165) is 11.3 Å². The van der Waals surface area contributed by atoms with Crippen molar-refractivity contribution in [1.82, 2.24) is 9.55 Å². The van der Waals surface area contributed by atoms with Crippen LogP contribution in [0.25, 0.3) is 5.69 Å². The van der Waals surface area contributed by atoms with Gasteiger partial charge in [0.15, 0.2) is 6.10 Å². The number of aromatic nitrogens is 2. The highest BCUT2D eigenvalue weighted by molar-refractivity contribution is 5.71. The van der Waals surface area contributed by atoms with Gasteiger partial charge in [-0.2, -0.15) is 0 Å². The molecule has 0 saturated heterocycles. The van der Waals surface area contributed by atoms with Crippen molar-refractivity contribution in [2.75, 3.05) is 0 Å². The smallest absolute Gasteiger partial charge is 0.332 e. The Bertz CT molecular complexity index is 506. The van der Waals surface area contributed by atoms with Gasteiger partial charge in [-0.25, -0.2) is 9.78 Å². The van der Waals surface area contributed by atoms with E-state index < -0.39 is 12.1 Å². The van der Waals surface area contributed by atoms with Crippen molar-refractivity contribution >= 4 is 5.97 Å². The quantitative estimate of drug-likeness (QED) is 0.874. The molecule has 2 aromatic rings. The molecule has 1 aromatic heterocycles. The fraction of sp³-hybridized carbons (Fsp3) is 0.231. The molecule has 94 valence electrons.